The van der Waals surface area contributed by atoms with Gasteiger partial charge < -0.3 is 24.0 Å². The highest BCUT2D eigenvalue weighted by molar-refractivity contribution is 6.00. The van der Waals surface area contributed by atoms with Crippen molar-refractivity contribution >= 4 is 17.5 Å². The van der Waals surface area contributed by atoms with Crippen LogP contribution in [0.4, 0.5) is 5.69 Å². The lowest BCUT2D eigenvalue weighted by Crippen LogP contribution is -2.51. The molecule has 2 saturated heterocycles. The number of para-hydroxylation sites is 2. The molecule has 7 heteroatoms. The zero-order valence-electron chi connectivity index (χ0n) is 15.6. The van der Waals surface area contributed by atoms with E-state index >= 15 is 0 Å². The van der Waals surface area contributed by atoms with Crippen LogP contribution in [0.3, 0.4) is 0 Å². The Labute approximate surface area is 159 Å². The Bertz CT molecular complexity index is 703. The van der Waals surface area contributed by atoms with Gasteiger partial charge >= 0.3 is 0 Å². The van der Waals surface area contributed by atoms with Gasteiger partial charge in [-0.05, 0) is 38.3 Å². The van der Waals surface area contributed by atoms with E-state index in [-0.39, 0.29) is 30.6 Å². The predicted octanol–water partition coefficient (Wildman–Crippen LogP) is 1.94. The van der Waals surface area contributed by atoms with Crippen LogP contribution >= 0.6 is 0 Å². The Morgan fingerprint density at radius 2 is 1.96 bits per heavy atom. The molecular weight excluding hydrogens is 348 g/mol. The molecule has 0 spiro atoms. The molecule has 2 fully saturated rings. The third kappa shape index (κ3) is 3.66. The van der Waals surface area contributed by atoms with E-state index in [1.165, 1.54) is 0 Å². The zero-order chi connectivity index (χ0) is 18.8. The van der Waals surface area contributed by atoms with Crippen LogP contribution in [0, 0.1) is 0 Å². The number of rotatable bonds is 4. The summed E-state index contributed by atoms with van der Waals surface area (Å²) in [6.07, 6.45) is 2.37. The first-order chi connectivity index (χ1) is 13.1. The lowest BCUT2D eigenvalue weighted by atomic mass is 10.0. The van der Waals surface area contributed by atoms with Crippen LogP contribution < -0.4 is 9.64 Å². The Hall–Kier alpha value is -2.12. The first kappa shape index (κ1) is 18.3. The van der Waals surface area contributed by atoms with Crippen molar-refractivity contribution in [1.82, 2.24) is 4.90 Å². The van der Waals surface area contributed by atoms with Crippen molar-refractivity contribution in [2.45, 2.75) is 51.0 Å². The number of carbonyl (C=O) groups is 2. The largest absolute Gasteiger partial charge is 0.479 e. The number of amides is 2. The molecule has 3 heterocycles. The topological polar surface area (TPSA) is 68.3 Å². The fourth-order valence-corrected chi connectivity index (χ4v) is 4.09. The van der Waals surface area contributed by atoms with Gasteiger partial charge in [0.25, 0.3) is 5.91 Å². The van der Waals surface area contributed by atoms with E-state index < -0.39 is 6.10 Å². The van der Waals surface area contributed by atoms with E-state index in [9.17, 15) is 9.59 Å². The van der Waals surface area contributed by atoms with Crippen molar-refractivity contribution < 1.29 is 23.8 Å². The normalized spacial score (nSPS) is 26.0. The number of hydrogen-bond donors (Lipinski definition) is 0. The Morgan fingerprint density at radius 3 is 2.78 bits per heavy atom. The maximum Gasteiger partial charge on any atom is 0.267 e. The fourth-order valence-electron chi connectivity index (χ4n) is 4.09. The van der Waals surface area contributed by atoms with E-state index in [0.29, 0.717) is 25.5 Å². The molecule has 3 aliphatic rings. The smallest absolute Gasteiger partial charge is 0.267 e. The van der Waals surface area contributed by atoms with Gasteiger partial charge in [0, 0.05) is 19.5 Å². The number of anilines is 1. The summed E-state index contributed by atoms with van der Waals surface area (Å²) in [5.41, 5.74) is 0.728. The number of likely N-dealkylation sites (tertiary alicyclic amines) is 1. The van der Waals surface area contributed by atoms with E-state index in [1.54, 1.807) is 11.8 Å². The lowest BCUT2D eigenvalue weighted by Gasteiger charge is -2.39. The molecule has 0 aromatic heterocycles. The van der Waals surface area contributed by atoms with Gasteiger partial charge in [-0.15, -0.1) is 0 Å². The Morgan fingerprint density at radius 1 is 1.19 bits per heavy atom. The van der Waals surface area contributed by atoms with Crippen LogP contribution in [0.5, 0.6) is 5.75 Å². The first-order valence-corrected chi connectivity index (χ1v) is 9.75. The molecule has 0 N–H and O–H groups in total. The number of ether oxygens (including phenoxy) is 3. The second-order valence-electron chi connectivity index (χ2n) is 7.23. The molecule has 2 amide bonds. The number of carbonyl (C=O) groups excluding carboxylic acids is 2. The highest BCUT2D eigenvalue weighted by atomic mass is 16.7. The van der Waals surface area contributed by atoms with Gasteiger partial charge in [-0.25, -0.2) is 0 Å². The van der Waals surface area contributed by atoms with E-state index in [0.717, 1.165) is 31.5 Å². The summed E-state index contributed by atoms with van der Waals surface area (Å²) in [4.78, 5) is 29.1. The standard InChI is InChI=1S/C20H26N2O5/c1-14-19(24)22(15-6-2-3-8-17(15)27-14)11-9-18(23)21-10-5-4-7-16(21)20-25-12-13-26-20/h2-3,6,8,14,16,20H,4-5,7,9-13H2,1H3. The minimum Gasteiger partial charge on any atom is -0.479 e. The second kappa shape index (κ2) is 7.86. The SMILES string of the molecule is CC1Oc2ccccc2N(CCC(=O)N2CCCCC2C2OCCO2)C1=O. The molecule has 4 rings (SSSR count). The lowest BCUT2D eigenvalue weighted by molar-refractivity contribution is -0.150. The molecule has 2 unspecified atom stereocenters. The van der Waals surface area contributed by atoms with E-state index in [2.05, 4.69) is 0 Å². The number of nitrogens with zero attached hydrogens (tertiary/aromatic N) is 2. The van der Waals surface area contributed by atoms with Crippen molar-refractivity contribution in [3.8, 4) is 5.75 Å². The van der Waals surface area contributed by atoms with Crippen molar-refractivity contribution in [3.63, 3.8) is 0 Å². The maximum atomic E-state index is 13.0. The summed E-state index contributed by atoms with van der Waals surface area (Å²) < 4.78 is 17.0. The molecule has 1 aromatic carbocycles. The van der Waals surface area contributed by atoms with E-state index in [1.807, 2.05) is 29.2 Å². The molecule has 1 aromatic rings. The third-order valence-electron chi connectivity index (χ3n) is 5.45. The van der Waals surface area contributed by atoms with Crippen LogP contribution in [0.2, 0.25) is 0 Å². The molecule has 0 aliphatic carbocycles. The fraction of sp³-hybridized carbons (Fsp3) is 0.600. The average molecular weight is 374 g/mol. The second-order valence-corrected chi connectivity index (χ2v) is 7.23. The molecule has 7 nitrogen and oxygen atoms in total. The van der Waals surface area contributed by atoms with Gasteiger partial charge in [-0.2, -0.15) is 0 Å². The Kier molecular flexibility index (Phi) is 5.31. The molecule has 0 saturated carbocycles. The van der Waals surface area contributed by atoms with Crippen molar-refractivity contribution in [1.29, 1.82) is 0 Å². The van der Waals surface area contributed by atoms with E-state index in [4.69, 9.17) is 14.2 Å². The molecular formula is C20H26N2O5. The van der Waals surface area contributed by atoms with Crippen LogP contribution in [0.1, 0.15) is 32.6 Å². The van der Waals surface area contributed by atoms with Crippen LogP contribution in [0.15, 0.2) is 24.3 Å². The van der Waals surface area contributed by atoms with Gasteiger partial charge in [-0.3, -0.25) is 9.59 Å². The molecule has 3 aliphatic heterocycles. The number of hydrogen-bond acceptors (Lipinski definition) is 5. The van der Waals surface area contributed by atoms with Gasteiger partial charge in [0.1, 0.15) is 5.75 Å². The third-order valence-corrected chi connectivity index (χ3v) is 5.45. The van der Waals surface area contributed by atoms with Gasteiger partial charge in [0.2, 0.25) is 5.91 Å². The number of benzene rings is 1. The van der Waals surface area contributed by atoms with Gasteiger partial charge in [-0.1, -0.05) is 12.1 Å². The minimum atomic E-state index is -0.543. The zero-order valence-corrected chi connectivity index (χ0v) is 15.6. The Balaban J connectivity index is 1.44. The first-order valence-electron chi connectivity index (χ1n) is 9.75. The quantitative estimate of drug-likeness (QED) is 0.806. The summed E-state index contributed by atoms with van der Waals surface area (Å²) in [5, 5.41) is 0. The summed E-state index contributed by atoms with van der Waals surface area (Å²) >= 11 is 0. The van der Waals surface area contributed by atoms with Crippen molar-refractivity contribution in [2.24, 2.45) is 0 Å². The average Bonchev–Trinajstić information content (AvgIpc) is 3.23. The van der Waals surface area contributed by atoms with Crippen LogP contribution in [0.25, 0.3) is 0 Å². The van der Waals surface area contributed by atoms with Gasteiger partial charge in [0.05, 0.1) is 24.9 Å². The summed E-state index contributed by atoms with van der Waals surface area (Å²) in [6, 6.07) is 7.43. The maximum absolute atomic E-state index is 13.0. The summed E-state index contributed by atoms with van der Waals surface area (Å²) in [5.74, 6) is 0.614. The highest BCUT2D eigenvalue weighted by Crippen LogP contribution is 2.34. The predicted molar refractivity (Wildman–Crippen MR) is 98.5 cm³/mol. The van der Waals surface area contributed by atoms with Crippen molar-refractivity contribution in [3.05, 3.63) is 24.3 Å². The molecule has 2 atom stereocenters. The highest BCUT2D eigenvalue weighted by Gasteiger charge is 2.37. The number of piperidine rings is 1. The van der Waals surface area contributed by atoms with Gasteiger partial charge in [0.15, 0.2) is 12.4 Å². The molecule has 146 valence electrons. The monoisotopic (exact) mass is 374 g/mol. The molecule has 27 heavy (non-hydrogen) atoms. The summed E-state index contributed by atoms with van der Waals surface area (Å²) in [6.45, 7) is 3.97. The van der Waals surface area contributed by atoms with Crippen LogP contribution in [-0.4, -0.2) is 61.5 Å². The minimum absolute atomic E-state index is 0.0275. The summed E-state index contributed by atoms with van der Waals surface area (Å²) in [7, 11) is 0. The van der Waals surface area contributed by atoms with Crippen molar-refractivity contribution in [2.75, 3.05) is 31.2 Å². The van der Waals surface area contributed by atoms with Crippen LogP contribution in [-0.2, 0) is 19.1 Å². The molecule has 0 bridgehead atoms. The number of fused-ring (bicyclic) bond motifs is 1. The molecule has 0 radical (unpaired) electrons.